The van der Waals surface area contributed by atoms with Crippen LogP contribution in [-0.4, -0.2) is 26.0 Å². The Balaban J connectivity index is 2.28. The van der Waals surface area contributed by atoms with Crippen molar-refractivity contribution in [2.45, 2.75) is 12.8 Å². The molecule has 0 aromatic carbocycles. The number of aromatic amines is 2. The minimum Gasteiger partial charge on any atom is -0.481 e. The maximum absolute atomic E-state index is 10.7. The summed E-state index contributed by atoms with van der Waals surface area (Å²) < 4.78 is 0. The molecule has 2 aromatic heterocycles. The van der Waals surface area contributed by atoms with Crippen LogP contribution < -0.4 is 0 Å². The number of H-pyrrole nitrogens is 2. The number of nitrogens with one attached hydrogen (secondary N) is 2. The molecule has 1 atom stereocenters. The number of carboxylic acids is 1. The van der Waals surface area contributed by atoms with E-state index in [1.165, 1.54) is 0 Å². The molecule has 0 amide bonds. The molecule has 0 saturated carbocycles. The minimum atomic E-state index is -0.887. The Morgan fingerprint density at radius 3 is 2.93 bits per heavy atom. The summed E-state index contributed by atoms with van der Waals surface area (Å²) in [6, 6.07) is 3.76. The van der Waals surface area contributed by atoms with Gasteiger partial charge in [0.05, 0.1) is 17.6 Å². The van der Waals surface area contributed by atoms with Gasteiger partial charge in [0.1, 0.15) is 11.7 Å². The lowest BCUT2D eigenvalue weighted by molar-refractivity contribution is -0.138. The quantitative estimate of drug-likeness (QED) is 0.711. The first-order valence-electron chi connectivity index (χ1n) is 4.60. The number of rotatable bonds is 3. The average Bonchev–Trinajstić information content (AvgIpc) is 2.86. The summed E-state index contributed by atoms with van der Waals surface area (Å²) >= 11 is 0. The van der Waals surface area contributed by atoms with Gasteiger partial charge in [0.15, 0.2) is 0 Å². The third-order valence-electron chi connectivity index (χ3n) is 2.26. The molecule has 3 N–H and O–H groups in total. The third kappa shape index (κ3) is 1.76. The molecule has 78 valence electrons. The molecule has 0 aliphatic rings. The van der Waals surface area contributed by atoms with Crippen molar-refractivity contribution in [1.29, 1.82) is 0 Å². The predicted octanol–water partition coefficient (Wildman–Crippen LogP) is 1.59. The van der Waals surface area contributed by atoms with Gasteiger partial charge in [-0.05, 0) is 19.1 Å². The van der Waals surface area contributed by atoms with Gasteiger partial charge in [-0.25, -0.2) is 4.98 Å². The highest BCUT2D eigenvalue weighted by molar-refractivity contribution is 5.74. The van der Waals surface area contributed by atoms with Gasteiger partial charge in [-0.2, -0.15) is 0 Å². The van der Waals surface area contributed by atoms with Crippen LogP contribution in [0, 0.1) is 0 Å². The second-order valence-electron chi connectivity index (χ2n) is 3.33. The van der Waals surface area contributed by atoms with Crippen LogP contribution in [0.25, 0.3) is 11.4 Å². The van der Waals surface area contributed by atoms with Gasteiger partial charge in [-0.1, -0.05) is 0 Å². The maximum atomic E-state index is 10.7. The molecular formula is C10H11N3O2. The summed E-state index contributed by atoms with van der Waals surface area (Å²) in [5.41, 5.74) is 1.69. The number of carbonyl (C=O) groups is 1. The molecule has 0 radical (unpaired) electrons. The monoisotopic (exact) mass is 205 g/mol. The van der Waals surface area contributed by atoms with Crippen LogP contribution in [0.1, 0.15) is 18.7 Å². The van der Waals surface area contributed by atoms with Crippen LogP contribution in [0.4, 0.5) is 0 Å². The van der Waals surface area contributed by atoms with E-state index in [1.807, 2.05) is 12.1 Å². The lowest BCUT2D eigenvalue weighted by Crippen LogP contribution is -2.08. The lowest BCUT2D eigenvalue weighted by Gasteiger charge is -2.00. The molecule has 2 aromatic rings. The molecule has 2 rings (SSSR count). The molecule has 0 fully saturated rings. The summed E-state index contributed by atoms with van der Waals surface area (Å²) in [5.74, 6) is -1.04. The van der Waals surface area contributed by atoms with E-state index in [0.29, 0.717) is 5.82 Å². The van der Waals surface area contributed by atoms with Crippen molar-refractivity contribution in [3.05, 3.63) is 30.4 Å². The van der Waals surface area contributed by atoms with Gasteiger partial charge in [-0.15, -0.1) is 0 Å². The normalized spacial score (nSPS) is 12.6. The minimum absolute atomic E-state index is 0.465. The van der Waals surface area contributed by atoms with Crippen molar-refractivity contribution in [3.8, 4) is 11.4 Å². The summed E-state index contributed by atoms with van der Waals surface area (Å²) in [5, 5.41) is 8.81. The SMILES string of the molecule is CC(C(=O)O)c1ncc(-c2ccc[nH]2)[nH]1. The first kappa shape index (κ1) is 9.51. The molecule has 0 aliphatic heterocycles. The number of aliphatic carboxylic acids is 1. The molecule has 0 spiro atoms. The Hall–Kier alpha value is -2.04. The zero-order valence-corrected chi connectivity index (χ0v) is 8.19. The van der Waals surface area contributed by atoms with Crippen LogP contribution in [0.5, 0.6) is 0 Å². The summed E-state index contributed by atoms with van der Waals surface area (Å²) in [6.07, 6.45) is 3.43. The molecule has 15 heavy (non-hydrogen) atoms. The van der Waals surface area contributed by atoms with Crippen molar-refractivity contribution in [3.63, 3.8) is 0 Å². The second-order valence-corrected chi connectivity index (χ2v) is 3.33. The molecule has 0 saturated heterocycles. The van der Waals surface area contributed by atoms with E-state index in [4.69, 9.17) is 5.11 Å². The highest BCUT2D eigenvalue weighted by Gasteiger charge is 2.17. The van der Waals surface area contributed by atoms with Gasteiger partial charge in [0, 0.05) is 6.20 Å². The van der Waals surface area contributed by atoms with E-state index in [0.717, 1.165) is 11.4 Å². The largest absolute Gasteiger partial charge is 0.481 e. The van der Waals surface area contributed by atoms with Crippen molar-refractivity contribution in [1.82, 2.24) is 15.0 Å². The zero-order valence-electron chi connectivity index (χ0n) is 8.19. The van der Waals surface area contributed by atoms with E-state index in [9.17, 15) is 4.79 Å². The van der Waals surface area contributed by atoms with Crippen LogP contribution in [0.15, 0.2) is 24.5 Å². The van der Waals surface area contributed by atoms with Gasteiger partial charge >= 0.3 is 5.97 Å². The number of nitrogens with zero attached hydrogens (tertiary/aromatic N) is 1. The fourth-order valence-electron chi connectivity index (χ4n) is 1.31. The highest BCUT2D eigenvalue weighted by Crippen LogP contribution is 2.18. The Labute approximate surface area is 86.2 Å². The summed E-state index contributed by atoms with van der Waals surface area (Å²) in [4.78, 5) is 20.8. The van der Waals surface area contributed by atoms with E-state index in [-0.39, 0.29) is 0 Å². The predicted molar refractivity (Wildman–Crippen MR) is 54.4 cm³/mol. The van der Waals surface area contributed by atoms with E-state index in [2.05, 4.69) is 15.0 Å². The maximum Gasteiger partial charge on any atom is 0.313 e. The smallest absolute Gasteiger partial charge is 0.313 e. The van der Waals surface area contributed by atoms with E-state index in [1.54, 1.807) is 19.3 Å². The van der Waals surface area contributed by atoms with E-state index < -0.39 is 11.9 Å². The van der Waals surface area contributed by atoms with Crippen LogP contribution in [0.3, 0.4) is 0 Å². The first-order chi connectivity index (χ1) is 7.18. The molecule has 1 unspecified atom stereocenters. The Bertz CT molecular complexity index is 459. The average molecular weight is 205 g/mol. The van der Waals surface area contributed by atoms with Crippen molar-refractivity contribution in [2.75, 3.05) is 0 Å². The number of hydrogen-bond acceptors (Lipinski definition) is 2. The molecule has 0 aliphatic carbocycles. The molecule has 2 heterocycles. The van der Waals surface area contributed by atoms with Crippen molar-refractivity contribution < 1.29 is 9.90 Å². The van der Waals surface area contributed by atoms with Crippen LogP contribution in [0.2, 0.25) is 0 Å². The zero-order chi connectivity index (χ0) is 10.8. The Morgan fingerprint density at radius 2 is 2.33 bits per heavy atom. The molecule has 0 bridgehead atoms. The summed E-state index contributed by atoms with van der Waals surface area (Å²) in [6.45, 7) is 1.60. The van der Waals surface area contributed by atoms with Gasteiger partial charge < -0.3 is 15.1 Å². The van der Waals surface area contributed by atoms with Crippen molar-refractivity contribution in [2.24, 2.45) is 0 Å². The van der Waals surface area contributed by atoms with Crippen LogP contribution in [-0.2, 0) is 4.79 Å². The molecular weight excluding hydrogens is 194 g/mol. The fraction of sp³-hybridized carbons (Fsp3) is 0.200. The van der Waals surface area contributed by atoms with Crippen LogP contribution >= 0.6 is 0 Å². The Morgan fingerprint density at radius 1 is 1.53 bits per heavy atom. The summed E-state index contributed by atoms with van der Waals surface area (Å²) in [7, 11) is 0. The molecule has 5 nitrogen and oxygen atoms in total. The van der Waals surface area contributed by atoms with Gasteiger partial charge in [0.2, 0.25) is 0 Å². The van der Waals surface area contributed by atoms with Gasteiger partial charge in [0.25, 0.3) is 0 Å². The second kappa shape index (κ2) is 3.61. The number of aromatic nitrogens is 3. The number of imidazole rings is 1. The van der Waals surface area contributed by atoms with Gasteiger partial charge in [-0.3, -0.25) is 4.79 Å². The third-order valence-corrected chi connectivity index (χ3v) is 2.26. The Kier molecular flexibility index (Phi) is 2.29. The fourth-order valence-corrected chi connectivity index (χ4v) is 1.31. The lowest BCUT2D eigenvalue weighted by atomic mass is 10.2. The number of hydrogen-bond donors (Lipinski definition) is 3. The molecule has 5 heteroatoms. The number of carboxylic acid groups (broad SMARTS) is 1. The van der Waals surface area contributed by atoms with E-state index >= 15 is 0 Å². The first-order valence-corrected chi connectivity index (χ1v) is 4.60. The standard InChI is InChI=1S/C10H11N3O2/c1-6(10(14)15)9-12-5-8(13-9)7-3-2-4-11-7/h2-6,11H,1H3,(H,12,13)(H,14,15). The highest BCUT2D eigenvalue weighted by atomic mass is 16.4. The topological polar surface area (TPSA) is 81.8 Å². The van der Waals surface area contributed by atoms with Crippen molar-refractivity contribution >= 4 is 5.97 Å².